The average molecular weight is 365 g/mol. The maximum absolute atomic E-state index is 13.3. The summed E-state index contributed by atoms with van der Waals surface area (Å²) in [5, 5.41) is 18.7. The van der Waals surface area contributed by atoms with Crippen molar-refractivity contribution in [1.82, 2.24) is 4.90 Å². The van der Waals surface area contributed by atoms with Crippen molar-refractivity contribution in [3.63, 3.8) is 0 Å². The topological polar surface area (TPSA) is 67.6 Å². The van der Waals surface area contributed by atoms with E-state index in [0.29, 0.717) is 18.7 Å². The maximum atomic E-state index is 13.3. The molecule has 0 radical (unpaired) electrons. The van der Waals surface area contributed by atoms with Crippen molar-refractivity contribution in [2.24, 2.45) is 0 Å². The number of hydrogen-bond acceptors (Lipinski definition) is 4. The molecule has 0 aliphatic carbocycles. The number of likely N-dealkylation sites (N-methyl/N-ethyl adjacent to an activating group) is 1. The van der Waals surface area contributed by atoms with Crippen LogP contribution in [0.1, 0.15) is 18.1 Å². The fraction of sp³-hybridized carbons (Fsp3) is 0.273. The summed E-state index contributed by atoms with van der Waals surface area (Å²) >= 11 is 0. The lowest BCUT2D eigenvalue weighted by Crippen LogP contribution is -2.39. The minimum atomic E-state index is -0.380. The highest BCUT2D eigenvalue weighted by Gasteiger charge is 2.26. The van der Waals surface area contributed by atoms with Crippen LogP contribution in [0.4, 0.5) is 5.69 Å². The molecule has 0 fully saturated rings. The van der Waals surface area contributed by atoms with E-state index in [2.05, 4.69) is 0 Å². The van der Waals surface area contributed by atoms with Crippen LogP contribution in [0.2, 0.25) is 0 Å². The second kappa shape index (κ2) is 9.14. The van der Waals surface area contributed by atoms with Crippen LogP contribution in [0.15, 0.2) is 65.9 Å². The molecule has 2 N–H and O–H groups in total. The van der Waals surface area contributed by atoms with E-state index in [1.807, 2.05) is 68.4 Å². The van der Waals surface area contributed by atoms with Crippen LogP contribution in [0.25, 0.3) is 0 Å². The Morgan fingerprint density at radius 1 is 1.00 bits per heavy atom. The lowest BCUT2D eigenvalue weighted by molar-refractivity contribution is -0.114. The highest BCUT2D eigenvalue weighted by atomic mass is 16.3. The van der Waals surface area contributed by atoms with Crippen molar-refractivity contribution in [3.8, 4) is 0 Å². The highest BCUT2D eigenvalue weighted by molar-refractivity contribution is 6.30. The van der Waals surface area contributed by atoms with E-state index in [9.17, 15) is 9.90 Å². The molecular formula is C22H27N3O2. The summed E-state index contributed by atoms with van der Waals surface area (Å²) in [6.07, 6.45) is 0. The van der Waals surface area contributed by atoms with Crippen LogP contribution >= 0.6 is 0 Å². The Morgan fingerprint density at radius 2 is 1.59 bits per heavy atom. The molecule has 5 heteroatoms. The molecule has 1 amide bonds. The minimum Gasteiger partial charge on any atom is -0.512 e. The molecule has 0 bridgehead atoms. The fourth-order valence-electron chi connectivity index (χ4n) is 2.70. The highest BCUT2D eigenvalue weighted by Crippen LogP contribution is 2.21. The van der Waals surface area contributed by atoms with Crippen LogP contribution in [0.5, 0.6) is 0 Å². The summed E-state index contributed by atoms with van der Waals surface area (Å²) in [5.74, 6) is -0.537. The van der Waals surface area contributed by atoms with Gasteiger partial charge < -0.3 is 14.9 Å². The van der Waals surface area contributed by atoms with Crippen molar-refractivity contribution in [3.05, 3.63) is 77.1 Å². The molecule has 2 aromatic rings. The lowest BCUT2D eigenvalue weighted by atomic mass is 10.00. The van der Waals surface area contributed by atoms with Crippen LogP contribution in [0, 0.1) is 12.3 Å². The van der Waals surface area contributed by atoms with Crippen LogP contribution in [-0.2, 0) is 4.79 Å². The van der Waals surface area contributed by atoms with Gasteiger partial charge >= 0.3 is 0 Å². The van der Waals surface area contributed by atoms with Crippen molar-refractivity contribution >= 4 is 17.3 Å². The SMILES string of the molecule is CC(O)=C(C(=N)c1ccccc1)C(=O)N(CCN(C)C)c1ccc(C)cc1. The Kier molecular flexibility index (Phi) is 6.91. The summed E-state index contributed by atoms with van der Waals surface area (Å²) in [5.41, 5.74) is 2.46. The number of nitrogens with one attached hydrogen (secondary N) is 1. The van der Waals surface area contributed by atoms with Crippen molar-refractivity contribution in [1.29, 1.82) is 5.41 Å². The van der Waals surface area contributed by atoms with Gasteiger partial charge in [-0.3, -0.25) is 10.2 Å². The molecule has 0 aliphatic heterocycles. The van der Waals surface area contributed by atoms with E-state index in [4.69, 9.17) is 5.41 Å². The first kappa shape index (κ1) is 20.4. The molecule has 0 heterocycles. The Morgan fingerprint density at radius 3 is 2.11 bits per heavy atom. The molecule has 0 aliphatic rings. The molecule has 0 unspecified atom stereocenters. The Hall–Kier alpha value is -2.92. The largest absolute Gasteiger partial charge is 0.512 e. The third-order valence-electron chi connectivity index (χ3n) is 4.25. The number of aryl methyl sites for hydroxylation is 1. The number of benzene rings is 2. The van der Waals surface area contributed by atoms with E-state index < -0.39 is 0 Å². The first-order chi connectivity index (χ1) is 12.8. The molecule has 142 valence electrons. The van der Waals surface area contributed by atoms with Gasteiger partial charge in [0.1, 0.15) is 11.3 Å². The second-order valence-electron chi connectivity index (χ2n) is 6.80. The first-order valence-corrected chi connectivity index (χ1v) is 8.88. The Labute approximate surface area is 161 Å². The number of aliphatic hydroxyl groups excluding tert-OH is 1. The summed E-state index contributed by atoms with van der Waals surface area (Å²) in [6, 6.07) is 16.7. The second-order valence-corrected chi connectivity index (χ2v) is 6.80. The van der Waals surface area contributed by atoms with Gasteiger partial charge in [-0.2, -0.15) is 0 Å². The van der Waals surface area contributed by atoms with Gasteiger partial charge in [0, 0.05) is 24.3 Å². The van der Waals surface area contributed by atoms with E-state index in [0.717, 1.165) is 11.3 Å². The van der Waals surface area contributed by atoms with E-state index >= 15 is 0 Å². The predicted octanol–water partition coefficient (Wildman–Crippen LogP) is 3.79. The number of allylic oxidation sites excluding steroid dienone is 1. The fourth-order valence-corrected chi connectivity index (χ4v) is 2.70. The van der Waals surface area contributed by atoms with Crippen LogP contribution in [-0.4, -0.2) is 48.8 Å². The molecule has 2 rings (SSSR count). The number of hydrogen-bond donors (Lipinski definition) is 2. The maximum Gasteiger partial charge on any atom is 0.263 e. The number of nitrogens with zero attached hydrogens (tertiary/aromatic N) is 2. The average Bonchev–Trinajstić information content (AvgIpc) is 2.63. The van der Waals surface area contributed by atoms with Gasteiger partial charge in [-0.1, -0.05) is 48.0 Å². The smallest absolute Gasteiger partial charge is 0.263 e. The normalized spacial score (nSPS) is 11.9. The Balaban J connectivity index is 2.42. The molecule has 0 aromatic heterocycles. The zero-order valence-electron chi connectivity index (χ0n) is 16.4. The van der Waals surface area contributed by atoms with E-state index in [-0.39, 0.29) is 23.0 Å². The van der Waals surface area contributed by atoms with Crippen molar-refractivity contribution < 1.29 is 9.90 Å². The number of amides is 1. The van der Waals surface area contributed by atoms with E-state index in [1.165, 1.54) is 6.92 Å². The van der Waals surface area contributed by atoms with Gasteiger partial charge in [0.2, 0.25) is 0 Å². The number of aliphatic hydroxyl groups is 1. The van der Waals surface area contributed by atoms with Crippen LogP contribution < -0.4 is 4.90 Å². The van der Waals surface area contributed by atoms with Gasteiger partial charge in [0.15, 0.2) is 0 Å². The number of rotatable bonds is 7. The van der Waals surface area contributed by atoms with Gasteiger partial charge in [-0.15, -0.1) is 0 Å². The zero-order chi connectivity index (χ0) is 20.0. The standard InChI is InChI=1S/C22H27N3O2/c1-16-10-12-19(13-11-16)25(15-14-24(3)4)22(27)20(17(2)26)21(23)18-8-6-5-7-9-18/h5-13,23,26H,14-15H2,1-4H3. The first-order valence-electron chi connectivity index (χ1n) is 8.88. The third-order valence-corrected chi connectivity index (χ3v) is 4.25. The summed E-state index contributed by atoms with van der Waals surface area (Å²) in [7, 11) is 3.88. The lowest BCUT2D eigenvalue weighted by Gasteiger charge is -2.26. The van der Waals surface area contributed by atoms with Gasteiger partial charge in [-0.05, 0) is 40.1 Å². The molecule has 0 spiro atoms. The monoisotopic (exact) mass is 365 g/mol. The molecular weight excluding hydrogens is 338 g/mol. The molecule has 0 atom stereocenters. The number of carbonyl (C=O) groups excluding carboxylic acids is 1. The van der Waals surface area contributed by atoms with Gasteiger partial charge in [-0.25, -0.2) is 0 Å². The van der Waals surface area contributed by atoms with Gasteiger partial charge in [0.05, 0.1) is 5.71 Å². The summed E-state index contributed by atoms with van der Waals surface area (Å²) in [4.78, 5) is 17.0. The number of carbonyl (C=O) groups is 1. The third kappa shape index (κ3) is 5.28. The molecule has 0 saturated carbocycles. The quantitative estimate of drug-likeness (QED) is 0.446. The van der Waals surface area contributed by atoms with E-state index in [1.54, 1.807) is 17.0 Å². The predicted molar refractivity (Wildman–Crippen MR) is 111 cm³/mol. The van der Waals surface area contributed by atoms with Gasteiger partial charge in [0.25, 0.3) is 5.91 Å². The Bertz CT molecular complexity index is 820. The van der Waals surface area contributed by atoms with Crippen molar-refractivity contribution in [2.45, 2.75) is 13.8 Å². The molecule has 2 aromatic carbocycles. The minimum absolute atomic E-state index is 0.0144. The zero-order valence-corrected chi connectivity index (χ0v) is 16.4. The number of anilines is 1. The molecule has 0 saturated heterocycles. The summed E-state index contributed by atoms with van der Waals surface area (Å²) in [6.45, 7) is 4.55. The molecule has 5 nitrogen and oxygen atoms in total. The van der Waals surface area contributed by atoms with Crippen LogP contribution in [0.3, 0.4) is 0 Å². The van der Waals surface area contributed by atoms with Crippen molar-refractivity contribution in [2.75, 3.05) is 32.1 Å². The molecule has 27 heavy (non-hydrogen) atoms. The summed E-state index contributed by atoms with van der Waals surface area (Å²) < 4.78 is 0.